The van der Waals surface area contributed by atoms with Crippen molar-refractivity contribution in [2.75, 3.05) is 5.32 Å². The molecule has 1 N–H and O–H groups in total. The lowest BCUT2D eigenvalue weighted by Crippen LogP contribution is -2.28. The summed E-state index contributed by atoms with van der Waals surface area (Å²) in [5.74, 6) is 0. The van der Waals surface area contributed by atoms with E-state index in [0.29, 0.717) is 0 Å². The predicted molar refractivity (Wildman–Crippen MR) is 212 cm³/mol. The van der Waals surface area contributed by atoms with E-state index in [2.05, 4.69) is 199 Å². The number of furan rings is 1. The third-order valence-corrected chi connectivity index (χ3v) is 10.6. The summed E-state index contributed by atoms with van der Waals surface area (Å²) >= 11 is 0. The minimum Gasteiger partial charge on any atom is -0.455 e. The molecule has 0 amide bonds. The van der Waals surface area contributed by atoms with Gasteiger partial charge in [-0.2, -0.15) is 0 Å². The molecule has 51 heavy (non-hydrogen) atoms. The maximum absolute atomic E-state index is 6.96. The van der Waals surface area contributed by atoms with E-state index < -0.39 is 5.41 Å². The first-order valence-electron chi connectivity index (χ1n) is 17.5. The monoisotopic (exact) mass is 651 g/mol. The van der Waals surface area contributed by atoms with E-state index in [0.717, 1.165) is 55.6 Å². The molecule has 9 aromatic rings. The van der Waals surface area contributed by atoms with E-state index in [1.54, 1.807) is 0 Å². The first kappa shape index (κ1) is 29.3. The number of anilines is 2. The first-order chi connectivity index (χ1) is 25.3. The van der Waals surface area contributed by atoms with Crippen molar-refractivity contribution in [1.29, 1.82) is 0 Å². The van der Waals surface area contributed by atoms with Crippen molar-refractivity contribution in [1.82, 2.24) is 0 Å². The van der Waals surface area contributed by atoms with Crippen LogP contribution >= 0.6 is 0 Å². The van der Waals surface area contributed by atoms with Crippen molar-refractivity contribution in [2.24, 2.45) is 0 Å². The molecule has 0 aliphatic heterocycles. The fourth-order valence-electron chi connectivity index (χ4n) is 8.44. The summed E-state index contributed by atoms with van der Waals surface area (Å²) in [6.07, 6.45) is 0. The SMILES string of the molecule is c1ccc(-c2cccc3c2oc2c(-c4ccccc4)ccc(Nc4cccc5c4-c4ccccc4C5(c4ccccc4)c4ccccc4)c23)cc1. The Morgan fingerprint density at radius 2 is 0.902 bits per heavy atom. The largest absolute Gasteiger partial charge is 0.455 e. The number of rotatable bonds is 6. The van der Waals surface area contributed by atoms with Gasteiger partial charge in [-0.25, -0.2) is 0 Å². The fourth-order valence-corrected chi connectivity index (χ4v) is 8.44. The number of hydrogen-bond acceptors (Lipinski definition) is 2. The number of fused-ring (bicyclic) bond motifs is 6. The van der Waals surface area contributed by atoms with E-state index >= 15 is 0 Å². The zero-order chi connectivity index (χ0) is 33.8. The van der Waals surface area contributed by atoms with Gasteiger partial charge in [0.05, 0.1) is 16.5 Å². The van der Waals surface area contributed by atoms with Gasteiger partial charge >= 0.3 is 0 Å². The van der Waals surface area contributed by atoms with Crippen LogP contribution in [0.3, 0.4) is 0 Å². The second kappa shape index (κ2) is 11.8. The van der Waals surface area contributed by atoms with Gasteiger partial charge in [0.25, 0.3) is 0 Å². The van der Waals surface area contributed by atoms with Gasteiger partial charge in [0, 0.05) is 27.8 Å². The molecule has 8 aromatic carbocycles. The number of nitrogens with one attached hydrogen (secondary N) is 1. The third kappa shape index (κ3) is 4.43. The van der Waals surface area contributed by atoms with Crippen molar-refractivity contribution >= 4 is 33.3 Å². The van der Waals surface area contributed by atoms with Crippen molar-refractivity contribution in [2.45, 2.75) is 5.41 Å². The summed E-state index contributed by atoms with van der Waals surface area (Å²) in [7, 11) is 0. The molecule has 0 bridgehead atoms. The fraction of sp³-hybridized carbons (Fsp3) is 0.0204. The van der Waals surface area contributed by atoms with Gasteiger partial charge in [-0.1, -0.05) is 176 Å². The molecule has 0 saturated carbocycles. The molecule has 1 heterocycles. The quantitative estimate of drug-likeness (QED) is 0.194. The van der Waals surface area contributed by atoms with Crippen LogP contribution in [0.25, 0.3) is 55.3 Å². The molecule has 1 aliphatic rings. The normalized spacial score (nSPS) is 12.9. The summed E-state index contributed by atoms with van der Waals surface area (Å²) < 4.78 is 6.96. The van der Waals surface area contributed by atoms with Crippen LogP contribution in [0.5, 0.6) is 0 Å². The molecule has 0 atom stereocenters. The van der Waals surface area contributed by atoms with Gasteiger partial charge in [-0.05, 0) is 57.1 Å². The third-order valence-electron chi connectivity index (χ3n) is 10.6. The summed E-state index contributed by atoms with van der Waals surface area (Å²) in [4.78, 5) is 0. The molecule has 240 valence electrons. The lowest BCUT2D eigenvalue weighted by Gasteiger charge is -2.33. The molecule has 1 aliphatic carbocycles. The van der Waals surface area contributed by atoms with Crippen LogP contribution in [-0.4, -0.2) is 0 Å². The first-order valence-corrected chi connectivity index (χ1v) is 17.5. The zero-order valence-electron chi connectivity index (χ0n) is 27.9. The van der Waals surface area contributed by atoms with E-state index in [1.807, 2.05) is 0 Å². The molecular formula is C49H33NO. The lowest BCUT2D eigenvalue weighted by atomic mass is 9.68. The van der Waals surface area contributed by atoms with Crippen molar-refractivity contribution in [3.8, 4) is 33.4 Å². The van der Waals surface area contributed by atoms with Gasteiger partial charge in [-0.3, -0.25) is 0 Å². The summed E-state index contributed by atoms with van der Waals surface area (Å²) in [5, 5.41) is 6.15. The van der Waals surface area contributed by atoms with Crippen molar-refractivity contribution in [3.05, 3.63) is 216 Å². The summed E-state index contributed by atoms with van der Waals surface area (Å²) in [5.41, 5.74) is 15.3. The summed E-state index contributed by atoms with van der Waals surface area (Å²) in [6, 6.07) is 69.5. The van der Waals surface area contributed by atoms with Crippen LogP contribution in [-0.2, 0) is 5.41 Å². The minimum atomic E-state index is -0.467. The Bertz CT molecular complexity index is 2650. The van der Waals surface area contributed by atoms with Crippen molar-refractivity contribution < 1.29 is 4.42 Å². The molecule has 0 fully saturated rings. The zero-order valence-corrected chi connectivity index (χ0v) is 27.9. The Labute approximate surface area is 297 Å². The predicted octanol–water partition coefficient (Wildman–Crippen LogP) is 13.0. The Hall–Kier alpha value is -6.64. The number of para-hydroxylation sites is 1. The Morgan fingerprint density at radius 3 is 1.57 bits per heavy atom. The molecule has 1 aromatic heterocycles. The highest BCUT2D eigenvalue weighted by molar-refractivity contribution is 6.18. The molecule has 10 rings (SSSR count). The van der Waals surface area contributed by atoms with Crippen LogP contribution in [0.15, 0.2) is 199 Å². The molecule has 0 saturated heterocycles. The average molecular weight is 652 g/mol. The Balaban J connectivity index is 1.23. The Morgan fingerprint density at radius 1 is 0.373 bits per heavy atom. The molecule has 0 radical (unpaired) electrons. The van der Waals surface area contributed by atoms with Crippen LogP contribution in [0.1, 0.15) is 22.3 Å². The van der Waals surface area contributed by atoms with E-state index in [9.17, 15) is 0 Å². The average Bonchev–Trinajstić information content (AvgIpc) is 3.75. The highest BCUT2D eigenvalue weighted by Gasteiger charge is 2.46. The maximum Gasteiger partial charge on any atom is 0.145 e. The molecular weight excluding hydrogens is 619 g/mol. The number of hydrogen-bond donors (Lipinski definition) is 1. The van der Waals surface area contributed by atoms with Crippen molar-refractivity contribution in [3.63, 3.8) is 0 Å². The molecule has 2 nitrogen and oxygen atoms in total. The van der Waals surface area contributed by atoms with Gasteiger partial charge in [0.15, 0.2) is 0 Å². The maximum atomic E-state index is 6.96. The highest BCUT2D eigenvalue weighted by atomic mass is 16.3. The van der Waals surface area contributed by atoms with E-state index in [-0.39, 0.29) is 0 Å². The van der Waals surface area contributed by atoms with E-state index in [4.69, 9.17) is 4.42 Å². The van der Waals surface area contributed by atoms with Crippen LogP contribution in [0.4, 0.5) is 11.4 Å². The smallest absolute Gasteiger partial charge is 0.145 e. The lowest BCUT2D eigenvalue weighted by molar-refractivity contribution is 0.671. The topological polar surface area (TPSA) is 25.2 Å². The van der Waals surface area contributed by atoms with Gasteiger partial charge in [0.1, 0.15) is 11.2 Å². The van der Waals surface area contributed by atoms with Crippen LogP contribution in [0, 0.1) is 0 Å². The molecule has 2 heteroatoms. The van der Waals surface area contributed by atoms with Gasteiger partial charge < -0.3 is 9.73 Å². The molecule has 0 spiro atoms. The molecule has 0 unspecified atom stereocenters. The second-order valence-corrected chi connectivity index (χ2v) is 13.3. The van der Waals surface area contributed by atoms with Crippen LogP contribution in [0.2, 0.25) is 0 Å². The minimum absolute atomic E-state index is 0.467. The highest BCUT2D eigenvalue weighted by Crippen LogP contribution is 2.58. The van der Waals surface area contributed by atoms with Gasteiger partial charge in [0.2, 0.25) is 0 Å². The second-order valence-electron chi connectivity index (χ2n) is 13.3. The number of benzene rings is 8. The summed E-state index contributed by atoms with van der Waals surface area (Å²) in [6.45, 7) is 0. The van der Waals surface area contributed by atoms with E-state index in [1.165, 1.54) is 33.4 Å². The standard InChI is InChI=1S/C49H33NO/c1-5-17-33(18-6-1)37-26-15-27-40-46-44(32-31-38(48(46)51-47(37)40)34-19-7-2-8-20-34)50-43-30-16-29-42-45(43)39-25-13-14-28-41(39)49(42,35-21-9-3-10-22-35)36-23-11-4-12-24-36/h1-32,50H. The van der Waals surface area contributed by atoms with Gasteiger partial charge in [-0.15, -0.1) is 0 Å². The van der Waals surface area contributed by atoms with Crippen LogP contribution < -0.4 is 5.32 Å². The Kier molecular flexibility index (Phi) is 6.75.